The molecule has 4 rings (SSSR count). The molecule has 2 aromatic heterocycles. The van der Waals surface area contributed by atoms with E-state index in [1.54, 1.807) is 12.1 Å². The Kier molecular flexibility index (Phi) is 6.56. The van der Waals surface area contributed by atoms with Gasteiger partial charge in [-0.2, -0.15) is 0 Å². The van der Waals surface area contributed by atoms with Gasteiger partial charge < -0.3 is 9.30 Å². The number of carbonyl (C=O) groups is 2. The summed E-state index contributed by atoms with van der Waals surface area (Å²) >= 11 is 3.44. The number of fused-ring (bicyclic) bond motifs is 1. The molecule has 2 heterocycles. The summed E-state index contributed by atoms with van der Waals surface area (Å²) in [6.07, 6.45) is 1.78. The van der Waals surface area contributed by atoms with Crippen molar-refractivity contribution in [3.63, 3.8) is 0 Å². The molecule has 0 atom stereocenters. The smallest absolute Gasteiger partial charge is 0.339 e. The van der Waals surface area contributed by atoms with Crippen molar-refractivity contribution in [3.05, 3.63) is 100 Å². The zero-order chi connectivity index (χ0) is 23.5. The van der Waals surface area contributed by atoms with Gasteiger partial charge in [0.15, 0.2) is 6.61 Å². The fourth-order valence-corrected chi connectivity index (χ4v) is 4.16. The van der Waals surface area contributed by atoms with Gasteiger partial charge in [0.05, 0.1) is 16.8 Å². The molecule has 166 valence electrons. The Balaban J connectivity index is 1.62. The third-order valence-electron chi connectivity index (χ3n) is 5.60. The molecule has 0 bridgehead atoms. The van der Waals surface area contributed by atoms with Gasteiger partial charge >= 0.3 is 5.97 Å². The topological polar surface area (TPSA) is 61.2 Å². The Morgan fingerprint density at radius 1 is 1.06 bits per heavy atom. The molecule has 0 saturated carbocycles. The van der Waals surface area contributed by atoms with E-state index in [4.69, 9.17) is 9.72 Å². The van der Waals surface area contributed by atoms with Gasteiger partial charge in [-0.1, -0.05) is 52.3 Å². The number of aromatic nitrogens is 2. The van der Waals surface area contributed by atoms with Gasteiger partial charge in [0.2, 0.25) is 5.78 Å². The van der Waals surface area contributed by atoms with Crippen LogP contribution in [0.3, 0.4) is 0 Å². The minimum absolute atomic E-state index is 0.238. The lowest BCUT2D eigenvalue weighted by atomic mass is 10.0. The lowest BCUT2D eigenvalue weighted by Crippen LogP contribution is -2.15. The van der Waals surface area contributed by atoms with Crippen molar-refractivity contribution in [1.29, 1.82) is 0 Å². The number of hydrogen-bond acceptors (Lipinski definition) is 4. The Hall–Kier alpha value is -3.51. The van der Waals surface area contributed by atoms with Crippen LogP contribution >= 0.6 is 15.9 Å². The highest BCUT2D eigenvalue weighted by molar-refractivity contribution is 9.10. The van der Waals surface area contributed by atoms with E-state index >= 15 is 0 Å². The molecule has 0 aliphatic carbocycles. The van der Waals surface area contributed by atoms with E-state index in [-0.39, 0.29) is 12.4 Å². The van der Waals surface area contributed by atoms with Gasteiger partial charge in [0, 0.05) is 38.9 Å². The van der Waals surface area contributed by atoms with Crippen LogP contribution in [0.4, 0.5) is 0 Å². The molecular formula is C27H23BrN2O3. The number of rotatable bonds is 7. The number of halogens is 1. The summed E-state index contributed by atoms with van der Waals surface area (Å²) in [6.45, 7) is 7.86. The summed E-state index contributed by atoms with van der Waals surface area (Å²) in [5, 5.41) is 0.681. The molecule has 0 N–H and O–H groups in total. The fourth-order valence-electron chi connectivity index (χ4n) is 3.89. The van der Waals surface area contributed by atoms with Crippen LogP contribution in [0.25, 0.3) is 22.2 Å². The molecular weight excluding hydrogens is 480 g/mol. The summed E-state index contributed by atoms with van der Waals surface area (Å²) in [6, 6.07) is 18.6. The Morgan fingerprint density at radius 2 is 1.79 bits per heavy atom. The number of para-hydroxylation sites is 1. The summed E-state index contributed by atoms with van der Waals surface area (Å²) in [5.41, 5.74) is 4.95. The quantitative estimate of drug-likeness (QED) is 0.169. The number of Topliss-reactive ketones (excluding diaryl/α,β-unsaturated/α-hetero) is 1. The number of hydrogen-bond donors (Lipinski definition) is 0. The van der Waals surface area contributed by atoms with Crippen molar-refractivity contribution in [2.24, 2.45) is 0 Å². The van der Waals surface area contributed by atoms with E-state index in [2.05, 4.69) is 22.5 Å². The van der Waals surface area contributed by atoms with E-state index < -0.39 is 5.97 Å². The first kappa shape index (κ1) is 22.7. The summed E-state index contributed by atoms with van der Waals surface area (Å²) in [4.78, 5) is 30.6. The highest BCUT2D eigenvalue weighted by atomic mass is 79.9. The Morgan fingerprint density at radius 3 is 2.52 bits per heavy atom. The molecule has 0 fully saturated rings. The van der Waals surface area contributed by atoms with Crippen LogP contribution in [-0.4, -0.2) is 27.9 Å². The normalized spacial score (nSPS) is 10.9. The van der Waals surface area contributed by atoms with Gasteiger partial charge in [-0.25, -0.2) is 9.78 Å². The van der Waals surface area contributed by atoms with E-state index in [1.165, 1.54) is 0 Å². The molecule has 0 aliphatic rings. The Labute approximate surface area is 200 Å². The van der Waals surface area contributed by atoms with Crippen molar-refractivity contribution in [3.8, 4) is 11.3 Å². The third-order valence-corrected chi connectivity index (χ3v) is 6.12. The van der Waals surface area contributed by atoms with Gasteiger partial charge in [0.1, 0.15) is 0 Å². The Bertz CT molecular complexity index is 1370. The molecule has 5 nitrogen and oxygen atoms in total. The largest absolute Gasteiger partial charge is 0.454 e. The van der Waals surface area contributed by atoms with E-state index in [9.17, 15) is 9.59 Å². The molecule has 6 heteroatoms. The lowest BCUT2D eigenvalue weighted by Gasteiger charge is -2.10. The average molecular weight is 503 g/mol. The SMILES string of the molecule is C=CCn1c(C)cc(C(=O)COC(=O)c2cc(-c3ccc(Br)cc3)nc3ccccc23)c1C. The standard InChI is InChI=1S/C27H23BrN2O3/c1-4-13-30-17(2)14-22(18(30)3)26(31)16-33-27(32)23-15-25(19-9-11-20(28)12-10-19)29-24-8-6-5-7-21(23)24/h4-12,14-15H,1,13,16H2,2-3H3. The second-order valence-electron chi connectivity index (χ2n) is 7.76. The number of aryl methyl sites for hydroxylation is 1. The fraction of sp³-hybridized carbons (Fsp3) is 0.148. The molecule has 0 spiro atoms. The first-order valence-corrected chi connectivity index (χ1v) is 11.3. The highest BCUT2D eigenvalue weighted by Gasteiger charge is 2.20. The van der Waals surface area contributed by atoms with Gasteiger partial charge in [0.25, 0.3) is 0 Å². The first-order valence-electron chi connectivity index (χ1n) is 10.5. The second kappa shape index (κ2) is 9.55. The van der Waals surface area contributed by atoms with Gasteiger partial charge in [-0.15, -0.1) is 6.58 Å². The number of esters is 1. The van der Waals surface area contributed by atoms with Crippen LogP contribution < -0.4 is 0 Å². The molecule has 0 aliphatic heterocycles. The predicted octanol–water partition coefficient (Wildman–Crippen LogP) is 6.31. The number of nitrogens with zero attached hydrogens (tertiary/aromatic N) is 2. The van der Waals surface area contributed by atoms with Gasteiger partial charge in [-0.3, -0.25) is 4.79 Å². The predicted molar refractivity (Wildman–Crippen MR) is 134 cm³/mol. The summed E-state index contributed by atoms with van der Waals surface area (Å²) < 4.78 is 8.43. The zero-order valence-electron chi connectivity index (χ0n) is 18.5. The molecule has 0 saturated heterocycles. The summed E-state index contributed by atoms with van der Waals surface area (Å²) in [5.74, 6) is -0.793. The van der Waals surface area contributed by atoms with Crippen molar-refractivity contribution in [2.75, 3.05) is 6.61 Å². The van der Waals surface area contributed by atoms with E-state index in [0.29, 0.717) is 34.3 Å². The maximum Gasteiger partial charge on any atom is 0.339 e. The van der Waals surface area contributed by atoms with Crippen LogP contribution in [0.1, 0.15) is 32.1 Å². The van der Waals surface area contributed by atoms with E-state index in [1.807, 2.05) is 73.0 Å². The van der Waals surface area contributed by atoms with Crippen molar-refractivity contribution >= 4 is 38.6 Å². The second-order valence-corrected chi connectivity index (χ2v) is 8.68. The monoisotopic (exact) mass is 502 g/mol. The number of allylic oxidation sites excluding steroid dienone is 1. The van der Waals surface area contributed by atoms with Gasteiger partial charge in [-0.05, 0) is 44.2 Å². The lowest BCUT2D eigenvalue weighted by molar-refractivity contribution is 0.0476. The number of benzene rings is 2. The molecule has 0 unspecified atom stereocenters. The number of carbonyl (C=O) groups excluding carboxylic acids is 2. The zero-order valence-corrected chi connectivity index (χ0v) is 20.1. The van der Waals surface area contributed by atoms with Crippen molar-refractivity contribution in [1.82, 2.24) is 9.55 Å². The van der Waals surface area contributed by atoms with Crippen LogP contribution in [-0.2, 0) is 11.3 Å². The molecule has 0 radical (unpaired) electrons. The number of pyridine rings is 1. The summed E-state index contributed by atoms with van der Waals surface area (Å²) in [7, 11) is 0. The molecule has 33 heavy (non-hydrogen) atoms. The molecule has 2 aromatic carbocycles. The molecule has 0 amide bonds. The maximum atomic E-state index is 13.1. The van der Waals surface area contributed by atoms with Crippen LogP contribution in [0.15, 0.2) is 77.8 Å². The van der Waals surface area contributed by atoms with Crippen LogP contribution in [0, 0.1) is 13.8 Å². The van der Waals surface area contributed by atoms with Crippen molar-refractivity contribution in [2.45, 2.75) is 20.4 Å². The third kappa shape index (κ3) is 4.66. The van der Waals surface area contributed by atoms with E-state index in [0.717, 1.165) is 21.4 Å². The van der Waals surface area contributed by atoms with Crippen LogP contribution in [0.2, 0.25) is 0 Å². The number of ketones is 1. The number of ether oxygens (including phenoxy) is 1. The highest BCUT2D eigenvalue weighted by Crippen LogP contribution is 2.26. The first-order chi connectivity index (χ1) is 15.9. The minimum atomic E-state index is -0.555. The average Bonchev–Trinajstić information content (AvgIpc) is 3.11. The minimum Gasteiger partial charge on any atom is -0.454 e. The molecule has 4 aromatic rings. The van der Waals surface area contributed by atoms with Crippen molar-refractivity contribution < 1.29 is 14.3 Å². The maximum absolute atomic E-state index is 13.1. The van der Waals surface area contributed by atoms with Crippen LogP contribution in [0.5, 0.6) is 0 Å².